The molecule has 0 saturated carbocycles. The third kappa shape index (κ3) is 24.6. The molecule has 0 rings (SSSR count). The molecule has 5 nitrogen and oxygen atoms in total. The Labute approximate surface area is 111 Å². The van der Waals surface area contributed by atoms with E-state index in [9.17, 15) is 4.79 Å². The van der Waals surface area contributed by atoms with Crippen molar-refractivity contribution in [3.63, 3.8) is 0 Å². The van der Waals surface area contributed by atoms with Crippen LogP contribution in [0.3, 0.4) is 0 Å². The van der Waals surface area contributed by atoms with Gasteiger partial charge in [0, 0.05) is 33.9 Å². The molecule has 0 saturated heterocycles. The number of ether oxygens (including phenoxy) is 4. The molecule has 0 aliphatic heterocycles. The van der Waals surface area contributed by atoms with Crippen LogP contribution >= 0.6 is 0 Å². The SMILES string of the molecule is CCCCCOCOC.COCOCCCC=O. The van der Waals surface area contributed by atoms with Crippen molar-refractivity contribution in [3.8, 4) is 0 Å². The summed E-state index contributed by atoms with van der Waals surface area (Å²) >= 11 is 0. The molecular weight excluding hydrogens is 236 g/mol. The van der Waals surface area contributed by atoms with Gasteiger partial charge >= 0.3 is 0 Å². The molecule has 0 aliphatic carbocycles. The lowest BCUT2D eigenvalue weighted by Crippen LogP contribution is -1.98. The van der Waals surface area contributed by atoms with E-state index in [0.717, 1.165) is 25.7 Å². The topological polar surface area (TPSA) is 54.0 Å². The molecule has 0 aromatic carbocycles. The number of hydrogen-bond donors (Lipinski definition) is 0. The summed E-state index contributed by atoms with van der Waals surface area (Å²) in [7, 11) is 3.21. The fourth-order valence-corrected chi connectivity index (χ4v) is 1.01. The lowest BCUT2D eigenvalue weighted by molar-refractivity contribution is -0.108. The molecule has 0 aromatic rings. The summed E-state index contributed by atoms with van der Waals surface area (Å²) in [6.45, 7) is 4.37. The Balaban J connectivity index is 0. The maximum absolute atomic E-state index is 9.75. The standard InChI is InChI=1S/C7H16O2.C6H12O3/c1-3-4-5-6-9-7-8-2;1-8-6-9-5-3-2-4-7/h3-7H2,1-2H3;4H,2-3,5-6H2,1H3. The van der Waals surface area contributed by atoms with Crippen molar-refractivity contribution in [1.82, 2.24) is 0 Å². The smallest absolute Gasteiger partial charge is 0.146 e. The Bertz CT molecular complexity index is 135. The number of hydrogen-bond acceptors (Lipinski definition) is 5. The zero-order valence-corrected chi connectivity index (χ0v) is 12.0. The summed E-state index contributed by atoms with van der Waals surface area (Å²) in [5.74, 6) is 0. The molecule has 110 valence electrons. The van der Waals surface area contributed by atoms with Crippen molar-refractivity contribution in [3.05, 3.63) is 0 Å². The molecule has 5 heteroatoms. The van der Waals surface area contributed by atoms with Crippen LogP contribution < -0.4 is 0 Å². The van der Waals surface area contributed by atoms with E-state index in [1.54, 1.807) is 14.2 Å². The predicted octanol–water partition coefficient (Wildman–Crippen LogP) is 2.38. The van der Waals surface area contributed by atoms with Crippen LogP contribution in [0.2, 0.25) is 0 Å². The lowest BCUT2D eigenvalue weighted by Gasteiger charge is -1.99. The highest BCUT2D eigenvalue weighted by atomic mass is 16.7. The van der Waals surface area contributed by atoms with Gasteiger partial charge in [-0.25, -0.2) is 0 Å². The van der Waals surface area contributed by atoms with Gasteiger partial charge in [-0.15, -0.1) is 0 Å². The van der Waals surface area contributed by atoms with Crippen molar-refractivity contribution in [2.75, 3.05) is 41.0 Å². The van der Waals surface area contributed by atoms with Gasteiger partial charge in [0.2, 0.25) is 0 Å². The maximum atomic E-state index is 9.75. The number of aldehydes is 1. The Morgan fingerprint density at radius 2 is 1.44 bits per heavy atom. The van der Waals surface area contributed by atoms with Crippen LogP contribution in [0.15, 0.2) is 0 Å². The van der Waals surface area contributed by atoms with Crippen LogP contribution in [0.4, 0.5) is 0 Å². The molecule has 0 unspecified atom stereocenters. The minimum atomic E-state index is 0.318. The van der Waals surface area contributed by atoms with Crippen molar-refractivity contribution in [2.45, 2.75) is 39.0 Å². The largest absolute Gasteiger partial charge is 0.359 e. The molecule has 0 aliphatic rings. The van der Waals surface area contributed by atoms with Crippen LogP contribution in [0.1, 0.15) is 39.0 Å². The van der Waals surface area contributed by atoms with Crippen LogP contribution in [-0.4, -0.2) is 47.3 Å². The first-order valence-corrected chi connectivity index (χ1v) is 6.40. The van der Waals surface area contributed by atoms with Gasteiger partial charge in [0.15, 0.2) is 0 Å². The molecule has 0 N–H and O–H groups in total. The van der Waals surface area contributed by atoms with E-state index in [4.69, 9.17) is 14.2 Å². The average Bonchev–Trinajstić information content (AvgIpc) is 2.39. The van der Waals surface area contributed by atoms with E-state index < -0.39 is 0 Å². The summed E-state index contributed by atoms with van der Waals surface area (Å²) in [6, 6.07) is 0. The van der Waals surface area contributed by atoms with Crippen molar-refractivity contribution in [1.29, 1.82) is 0 Å². The van der Waals surface area contributed by atoms with E-state index in [-0.39, 0.29) is 0 Å². The van der Waals surface area contributed by atoms with E-state index in [1.807, 2.05) is 0 Å². The zero-order chi connectivity index (χ0) is 13.9. The number of methoxy groups -OCH3 is 2. The normalized spacial score (nSPS) is 9.72. The summed E-state index contributed by atoms with van der Waals surface area (Å²) in [5.41, 5.74) is 0. The van der Waals surface area contributed by atoms with Crippen LogP contribution in [0, 0.1) is 0 Å². The molecule has 0 amide bonds. The predicted molar refractivity (Wildman–Crippen MR) is 70.5 cm³/mol. The number of carbonyl (C=O) groups excluding carboxylic acids is 1. The maximum Gasteiger partial charge on any atom is 0.146 e. The molecule has 0 bridgehead atoms. The fourth-order valence-electron chi connectivity index (χ4n) is 1.01. The highest BCUT2D eigenvalue weighted by Gasteiger charge is 1.85. The number of carbonyl (C=O) groups is 1. The summed E-state index contributed by atoms with van der Waals surface area (Å²) in [4.78, 5) is 9.75. The molecular formula is C13H28O5. The first-order chi connectivity index (χ1) is 8.83. The van der Waals surface area contributed by atoms with Gasteiger partial charge in [0.05, 0.1) is 0 Å². The van der Waals surface area contributed by atoms with Gasteiger partial charge in [0.1, 0.15) is 19.9 Å². The number of unbranched alkanes of at least 4 members (excludes halogenated alkanes) is 3. The Hall–Kier alpha value is -0.490. The van der Waals surface area contributed by atoms with Gasteiger partial charge in [-0.1, -0.05) is 19.8 Å². The second-order valence-electron chi connectivity index (χ2n) is 3.65. The lowest BCUT2D eigenvalue weighted by atomic mass is 10.3. The second-order valence-corrected chi connectivity index (χ2v) is 3.65. The third-order valence-corrected chi connectivity index (χ3v) is 1.91. The van der Waals surface area contributed by atoms with Gasteiger partial charge in [-0.05, 0) is 12.8 Å². The zero-order valence-electron chi connectivity index (χ0n) is 12.0. The van der Waals surface area contributed by atoms with E-state index in [2.05, 4.69) is 11.7 Å². The quantitative estimate of drug-likeness (QED) is 0.308. The Morgan fingerprint density at radius 1 is 0.889 bits per heavy atom. The van der Waals surface area contributed by atoms with Crippen LogP contribution in [-0.2, 0) is 23.7 Å². The van der Waals surface area contributed by atoms with Gasteiger partial charge in [-0.3, -0.25) is 0 Å². The first kappa shape index (κ1) is 19.8. The van der Waals surface area contributed by atoms with Crippen molar-refractivity contribution in [2.24, 2.45) is 0 Å². The van der Waals surface area contributed by atoms with Crippen molar-refractivity contribution >= 4 is 6.29 Å². The van der Waals surface area contributed by atoms with E-state index >= 15 is 0 Å². The highest BCUT2D eigenvalue weighted by molar-refractivity contribution is 5.48. The summed E-state index contributed by atoms with van der Waals surface area (Å²) < 4.78 is 19.3. The fraction of sp³-hybridized carbons (Fsp3) is 0.923. The Morgan fingerprint density at radius 3 is 1.89 bits per heavy atom. The highest BCUT2D eigenvalue weighted by Crippen LogP contribution is 1.93. The molecule has 18 heavy (non-hydrogen) atoms. The van der Waals surface area contributed by atoms with Gasteiger partial charge < -0.3 is 23.7 Å². The Kier molecular flexibility index (Phi) is 24.0. The third-order valence-electron chi connectivity index (χ3n) is 1.91. The second kappa shape index (κ2) is 21.8. The average molecular weight is 264 g/mol. The molecule has 0 heterocycles. The molecule has 0 fully saturated rings. The van der Waals surface area contributed by atoms with Crippen LogP contribution in [0.5, 0.6) is 0 Å². The van der Waals surface area contributed by atoms with Gasteiger partial charge in [-0.2, -0.15) is 0 Å². The minimum absolute atomic E-state index is 0.318. The monoisotopic (exact) mass is 264 g/mol. The molecule has 0 aromatic heterocycles. The summed E-state index contributed by atoms with van der Waals surface area (Å²) in [6.07, 6.45) is 5.90. The van der Waals surface area contributed by atoms with Crippen LogP contribution in [0.25, 0.3) is 0 Å². The molecule has 0 radical (unpaired) electrons. The van der Waals surface area contributed by atoms with Gasteiger partial charge in [0.25, 0.3) is 0 Å². The molecule has 0 atom stereocenters. The number of rotatable bonds is 12. The molecule has 0 spiro atoms. The summed E-state index contributed by atoms with van der Waals surface area (Å²) in [5, 5.41) is 0. The van der Waals surface area contributed by atoms with E-state index in [0.29, 0.717) is 26.6 Å². The minimum Gasteiger partial charge on any atom is -0.359 e. The first-order valence-electron chi connectivity index (χ1n) is 6.40. The van der Waals surface area contributed by atoms with Crippen molar-refractivity contribution < 1.29 is 23.7 Å². The van der Waals surface area contributed by atoms with E-state index in [1.165, 1.54) is 12.8 Å².